The van der Waals surface area contributed by atoms with Gasteiger partial charge in [-0.15, -0.1) is 0 Å². The minimum Gasteiger partial charge on any atom is -0.481 e. The fraction of sp³-hybridized carbons (Fsp3) is 0.235. The first-order valence-electron chi connectivity index (χ1n) is 6.51. The van der Waals surface area contributed by atoms with E-state index in [1.165, 1.54) is 11.1 Å². The van der Waals surface area contributed by atoms with E-state index in [1.807, 2.05) is 38.1 Å². The largest absolute Gasteiger partial charge is 0.481 e. The van der Waals surface area contributed by atoms with Crippen LogP contribution in [0.4, 0.5) is 0 Å². The van der Waals surface area contributed by atoms with E-state index in [-0.39, 0.29) is 0 Å². The molecule has 0 aliphatic heterocycles. The average Bonchev–Trinajstić information content (AvgIpc) is 2.36. The Bertz CT molecular complexity index is 597. The van der Waals surface area contributed by atoms with Crippen molar-refractivity contribution in [1.82, 2.24) is 0 Å². The van der Waals surface area contributed by atoms with Crippen LogP contribution in [-0.2, 0) is 11.2 Å². The number of rotatable bonds is 4. The summed E-state index contributed by atoms with van der Waals surface area (Å²) in [5.74, 6) is -1.30. The lowest BCUT2D eigenvalue weighted by Crippen LogP contribution is -2.14. The summed E-state index contributed by atoms with van der Waals surface area (Å²) in [6.07, 6.45) is 0.513. The third kappa shape index (κ3) is 3.70. The molecular weight excluding hydrogens is 316 g/mol. The summed E-state index contributed by atoms with van der Waals surface area (Å²) < 4.78 is 0.955. The number of carboxylic acid groups (broad SMARTS) is 1. The van der Waals surface area contributed by atoms with Crippen molar-refractivity contribution in [1.29, 1.82) is 0 Å². The molecule has 2 rings (SSSR count). The predicted molar refractivity (Wildman–Crippen MR) is 84.1 cm³/mol. The Morgan fingerprint density at radius 1 is 1.10 bits per heavy atom. The molecule has 20 heavy (non-hydrogen) atoms. The summed E-state index contributed by atoms with van der Waals surface area (Å²) in [6.45, 7) is 4.07. The molecule has 0 heterocycles. The molecule has 1 unspecified atom stereocenters. The van der Waals surface area contributed by atoms with Gasteiger partial charge in [-0.25, -0.2) is 0 Å². The number of halogens is 1. The van der Waals surface area contributed by atoms with Gasteiger partial charge in [0.15, 0.2) is 0 Å². The fourth-order valence-corrected chi connectivity index (χ4v) is 2.73. The quantitative estimate of drug-likeness (QED) is 0.896. The summed E-state index contributed by atoms with van der Waals surface area (Å²) in [4.78, 5) is 11.5. The van der Waals surface area contributed by atoms with Crippen molar-refractivity contribution in [2.75, 3.05) is 0 Å². The number of hydrogen-bond acceptors (Lipinski definition) is 1. The molecule has 0 fully saturated rings. The number of carboxylic acids is 1. The van der Waals surface area contributed by atoms with Gasteiger partial charge in [0, 0.05) is 4.47 Å². The smallest absolute Gasteiger partial charge is 0.311 e. The van der Waals surface area contributed by atoms with Crippen LogP contribution >= 0.6 is 15.9 Å². The number of carbonyl (C=O) groups is 1. The molecule has 1 N–H and O–H groups in total. The maximum absolute atomic E-state index is 11.5. The SMILES string of the molecule is Cc1cc(C)cc(CC(C(=O)O)c2ccc(Br)cc2)c1. The van der Waals surface area contributed by atoms with Gasteiger partial charge in [0.2, 0.25) is 0 Å². The lowest BCUT2D eigenvalue weighted by Gasteiger charge is -2.14. The molecule has 0 aliphatic rings. The Kier molecular flexibility index (Phi) is 4.61. The van der Waals surface area contributed by atoms with Crippen molar-refractivity contribution in [2.24, 2.45) is 0 Å². The topological polar surface area (TPSA) is 37.3 Å². The normalized spacial score (nSPS) is 12.2. The number of hydrogen-bond donors (Lipinski definition) is 1. The van der Waals surface area contributed by atoms with Crippen LogP contribution in [0.25, 0.3) is 0 Å². The second kappa shape index (κ2) is 6.23. The highest BCUT2D eigenvalue weighted by atomic mass is 79.9. The van der Waals surface area contributed by atoms with Crippen LogP contribution in [0.3, 0.4) is 0 Å². The molecule has 0 radical (unpaired) electrons. The van der Waals surface area contributed by atoms with E-state index in [1.54, 1.807) is 0 Å². The lowest BCUT2D eigenvalue weighted by molar-refractivity contribution is -0.138. The standard InChI is InChI=1S/C17H17BrO2/c1-11-7-12(2)9-13(8-11)10-16(17(19)20)14-3-5-15(18)6-4-14/h3-9,16H,10H2,1-2H3,(H,19,20). The Morgan fingerprint density at radius 3 is 2.15 bits per heavy atom. The van der Waals surface area contributed by atoms with E-state index in [9.17, 15) is 9.90 Å². The average molecular weight is 333 g/mol. The van der Waals surface area contributed by atoms with Gasteiger partial charge in [-0.3, -0.25) is 4.79 Å². The molecule has 2 nitrogen and oxygen atoms in total. The maximum Gasteiger partial charge on any atom is 0.311 e. The summed E-state index contributed by atoms with van der Waals surface area (Å²) >= 11 is 3.37. The second-order valence-electron chi connectivity index (χ2n) is 5.14. The highest BCUT2D eigenvalue weighted by molar-refractivity contribution is 9.10. The van der Waals surface area contributed by atoms with Gasteiger partial charge in [0.1, 0.15) is 0 Å². The van der Waals surface area contributed by atoms with Crippen molar-refractivity contribution in [2.45, 2.75) is 26.2 Å². The van der Waals surface area contributed by atoms with Crippen molar-refractivity contribution < 1.29 is 9.90 Å². The summed E-state index contributed by atoms with van der Waals surface area (Å²) in [5.41, 5.74) is 4.23. The van der Waals surface area contributed by atoms with Crippen LogP contribution in [0.15, 0.2) is 46.9 Å². The first-order valence-corrected chi connectivity index (χ1v) is 7.30. The molecular formula is C17H17BrO2. The van der Waals surface area contributed by atoms with Crippen LogP contribution in [0.2, 0.25) is 0 Å². The molecule has 104 valence electrons. The third-order valence-corrected chi connectivity index (χ3v) is 3.82. The zero-order valence-corrected chi connectivity index (χ0v) is 13.1. The zero-order valence-electron chi connectivity index (χ0n) is 11.6. The minimum atomic E-state index is -0.786. The predicted octanol–water partition coefficient (Wildman–Crippen LogP) is 4.48. The summed E-state index contributed by atoms with van der Waals surface area (Å²) in [5, 5.41) is 9.48. The first kappa shape index (κ1) is 14.8. The number of benzene rings is 2. The summed E-state index contributed by atoms with van der Waals surface area (Å²) in [6, 6.07) is 13.7. The molecule has 0 saturated carbocycles. The molecule has 2 aromatic carbocycles. The van der Waals surface area contributed by atoms with Crippen molar-refractivity contribution in [3.8, 4) is 0 Å². The molecule has 0 bridgehead atoms. The minimum absolute atomic E-state index is 0.510. The van der Waals surface area contributed by atoms with E-state index in [0.717, 1.165) is 15.6 Å². The number of aryl methyl sites for hydroxylation is 2. The molecule has 0 spiro atoms. The van der Waals surface area contributed by atoms with Crippen LogP contribution < -0.4 is 0 Å². The van der Waals surface area contributed by atoms with Crippen LogP contribution in [0.5, 0.6) is 0 Å². The third-order valence-electron chi connectivity index (χ3n) is 3.29. The van der Waals surface area contributed by atoms with Gasteiger partial charge in [-0.1, -0.05) is 57.4 Å². The molecule has 0 saturated heterocycles. The molecule has 3 heteroatoms. The highest BCUT2D eigenvalue weighted by Crippen LogP contribution is 2.24. The Morgan fingerprint density at radius 2 is 1.65 bits per heavy atom. The summed E-state index contributed by atoms with van der Waals surface area (Å²) in [7, 11) is 0. The molecule has 1 atom stereocenters. The molecule has 2 aromatic rings. The highest BCUT2D eigenvalue weighted by Gasteiger charge is 2.20. The van der Waals surface area contributed by atoms with Crippen molar-refractivity contribution in [3.05, 3.63) is 69.2 Å². The van der Waals surface area contributed by atoms with Crippen LogP contribution in [0.1, 0.15) is 28.2 Å². The molecule has 0 amide bonds. The fourth-order valence-electron chi connectivity index (χ4n) is 2.47. The van der Waals surface area contributed by atoms with E-state index in [0.29, 0.717) is 6.42 Å². The van der Waals surface area contributed by atoms with Gasteiger partial charge >= 0.3 is 5.97 Å². The van der Waals surface area contributed by atoms with Gasteiger partial charge in [0.05, 0.1) is 5.92 Å². The van der Waals surface area contributed by atoms with Crippen LogP contribution in [-0.4, -0.2) is 11.1 Å². The van der Waals surface area contributed by atoms with E-state index >= 15 is 0 Å². The second-order valence-corrected chi connectivity index (χ2v) is 6.06. The molecule has 0 aliphatic carbocycles. The Balaban J connectivity index is 2.30. The maximum atomic E-state index is 11.5. The zero-order chi connectivity index (χ0) is 14.7. The lowest BCUT2D eigenvalue weighted by atomic mass is 9.91. The monoisotopic (exact) mass is 332 g/mol. The van der Waals surface area contributed by atoms with E-state index in [4.69, 9.17) is 0 Å². The van der Waals surface area contributed by atoms with E-state index in [2.05, 4.69) is 34.1 Å². The van der Waals surface area contributed by atoms with Crippen LogP contribution in [0, 0.1) is 13.8 Å². The van der Waals surface area contributed by atoms with E-state index < -0.39 is 11.9 Å². The van der Waals surface area contributed by atoms with Gasteiger partial charge < -0.3 is 5.11 Å². The van der Waals surface area contributed by atoms with Crippen molar-refractivity contribution >= 4 is 21.9 Å². The van der Waals surface area contributed by atoms with Gasteiger partial charge in [0.25, 0.3) is 0 Å². The Hall–Kier alpha value is -1.61. The Labute approximate surface area is 127 Å². The van der Waals surface area contributed by atoms with Gasteiger partial charge in [-0.2, -0.15) is 0 Å². The van der Waals surface area contributed by atoms with Crippen molar-refractivity contribution in [3.63, 3.8) is 0 Å². The molecule has 0 aromatic heterocycles. The first-order chi connectivity index (χ1) is 9.45. The van der Waals surface area contributed by atoms with Gasteiger partial charge in [-0.05, 0) is 43.5 Å². The number of aliphatic carboxylic acids is 1.